The van der Waals surface area contributed by atoms with E-state index in [2.05, 4.69) is 0 Å². The fraction of sp³-hybridized carbons (Fsp3) is 0.0976. The quantitative estimate of drug-likeness (QED) is 0.0344. The molecule has 0 N–H and O–H groups in total. The summed E-state index contributed by atoms with van der Waals surface area (Å²) in [6.07, 6.45) is -5.55. The van der Waals surface area contributed by atoms with E-state index in [0.29, 0.717) is 11.3 Å². The van der Waals surface area contributed by atoms with Gasteiger partial charge in [0, 0.05) is 11.1 Å². The van der Waals surface area contributed by atoms with Crippen LogP contribution in [0.2, 0.25) is 0 Å². The molecule has 3 nitrogen and oxygen atoms in total. The Labute approximate surface area is 357 Å². The lowest BCUT2D eigenvalue weighted by Gasteiger charge is -2.44. The molecule has 6 rings (SSSR count). The second-order valence-electron chi connectivity index (χ2n) is 13.9. The van der Waals surface area contributed by atoms with Crippen LogP contribution in [0.4, 0.5) is 87.8 Å². The fourth-order valence-corrected chi connectivity index (χ4v) is 8.71. The van der Waals surface area contributed by atoms with Gasteiger partial charge in [-0.05, 0) is 12.1 Å². The van der Waals surface area contributed by atoms with Crippen LogP contribution < -0.4 is 26.6 Å². The van der Waals surface area contributed by atoms with Crippen molar-refractivity contribution in [2.45, 2.75) is 5.75 Å². The van der Waals surface area contributed by atoms with E-state index in [1.54, 1.807) is 25.5 Å². The molecule has 0 bridgehead atoms. The predicted octanol–water partition coefficient (Wildman–Crippen LogP) is 9.05. The van der Waals surface area contributed by atoms with Gasteiger partial charge in [-0.3, -0.25) is 4.79 Å². The number of Topliss-reactive ketones (excluding diaryl/α,β-unsaturated/α-hetero) is 1. The summed E-state index contributed by atoms with van der Waals surface area (Å²) >= 11 is 0. The van der Waals surface area contributed by atoms with E-state index in [0.717, 1.165) is 11.3 Å². The van der Waals surface area contributed by atoms with Crippen molar-refractivity contribution in [1.82, 2.24) is 0 Å². The highest BCUT2D eigenvalue weighted by Gasteiger charge is 2.52. The summed E-state index contributed by atoms with van der Waals surface area (Å²) < 4.78 is 312. The maximum atomic E-state index is 15.4. The summed E-state index contributed by atoms with van der Waals surface area (Å²) in [6, 6.07) is 16.4. The highest BCUT2D eigenvalue weighted by Crippen LogP contribution is 2.31. The molecule has 0 saturated heterocycles. The van der Waals surface area contributed by atoms with Crippen LogP contribution >= 0.6 is 0 Å². The molecule has 25 heteroatoms. The molecule has 350 valence electrons. The predicted molar refractivity (Wildman–Crippen MR) is 196 cm³/mol. The van der Waals surface area contributed by atoms with Gasteiger partial charge >= 0.3 is 0 Å². The zero-order chi connectivity index (χ0) is 49.7. The average Bonchev–Trinajstić information content (AvgIpc) is 3.29. The van der Waals surface area contributed by atoms with Crippen LogP contribution in [-0.2, 0) is 19.9 Å². The minimum atomic E-state index is -7.22. The summed E-state index contributed by atoms with van der Waals surface area (Å²) in [4.78, 5) is 12.2. The first-order valence-electron chi connectivity index (χ1n) is 17.6. The molecule has 0 aliphatic carbocycles. The summed E-state index contributed by atoms with van der Waals surface area (Å²) in [6.45, 7) is 0. The van der Waals surface area contributed by atoms with Crippen molar-refractivity contribution in [2.24, 2.45) is 0 Å². The molecule has 6 aromatic carbocycles. The number of methoxy groups -OCH3 is 1. The van der Waals surface area contributed by atoms with Gasteiger partial charge in [0.05, 0.1) is 17.0 Å². The van der Waals surface area contributed by atoms with Crippen molar-refractivity contribution in [3.63, 3.8) is 0 Å². The Kier molecular flexibility index (Phi) is 14.4. The number of carbonyl (C=O) groups is 1. The molecule has 0 spiro atoms. The lowest BCUT2D eigenvalue weighted by Crippen LogP contribution is -2.81. The first kappa shape index (κ1) is 50.6. The van der Waals surface area contributed by atoms with Crippen molar-refractivity contribution in [3.8, 4) is 5.75 Å². The van der Waals surface area contributed by atoms with Gasteiger partial charge in [0.2, 0.25) is 5.78 Å². The fourth-order valence-electron chi connectivity index (χ4n) is 6.98. The molecule has 0 fully saturated rings. The van der Waals surface area contributed by atoms with Crippen LogP contribution in [0.1, 0.15) is 15.9 Å². The van der Waals surface area contributed by atoms with Crippen molar-refractivity contribution >= 4 is 43.7 Å². The number of hydrogen-bond donors (Lipinski definition) is 0. The van der Waals surface area contributed by atoms with E-state index in [1.165, 1.54) is 0 Å². The van der Waals surface area contributed by atoms with Crippen LogP contribution in [0, 0.1) is 116 Å². The van der Waals surface area contributed by atoms with Gasteiger partial charge in [-0.2, -0.15) is 0 Å². The van der Waals surface area contributed by atoms with Crippen LogP contribution in [0.15, 0.2) is 54.6 Å². The molecule has 0 amide bonds. The Bertz CT molecular complexity index is 2590. The highest BCUT2D eigenvalue weighted by molar-refractivity contribution is 8.02. The van der Waals surface area contributed by atoms with Gasteiger partial charge in [0.25, 0.3) is 0 Å². The zero-order valence-electron chi connectivity index (χ0n) is 32.4. The summed E-state index contributed by atoms with van der Waals surface area (Å²) in [5, 5.41) is 0. The van der Waals surface area contributed by atoms with Crippen LogP contribution in [-0.4, -0.2) is 31.0 Å². The van der Waals surface area contributed by atoms with Crippen molar-refractivity contribution in [2.75, 3.05) is 19.1 Å². The number of hydrogen-bond acceptors (Lipinski definition) is 3. The van der Waals surface area contributed by atoms with Crippen LogP contribution in [0.3, 0.4) is 0 Å². The maximum Gasteiger partial charge on any atom is 0.211 e. The van der Waals surface area contributed by atoms with Crippen LogP contribution in [0.5, 0.6) is 5.75 Å². The lowest BCUT2D eigenvalue weighted by atomic mass is 9.12. The third-order valence-corrected chi connectivity index (χ3v) is 11.7. The SMILES string of the molecule is COc1ccc(C[S+](C)(=O)CC(=O)c2ccccc2)cc1.Fc1c(F)c(F)c([B-](c2c(F)c(F)c(F)c(F)c2F)(c2c(F)c(F)c(F)c(F)c2F)c2c(F)c(F)c(F)c(F)c2F)c(F)c1F. The maximum absolute atomic E-state index is 15.4. The average molecular weight is 982 g/mol. The summed E-state index contributed by atoms with van der Waals surface area (Å²) in [5.74, 6) is -70.2. The van der Waals surface area contributed by atoms with E-state index in [1.807, 2.05) is 42.5 Å². The van der Waals surface area contributed by atoms with Gasteiger partial charge in [0.15, 0.2) is 75.6 Å². The smallest absolute Gasteiger partial charge is 0.211 e. The Morgan fingerprint density at radius 2 is 0.682 bits per heavy atom. The molecule has 0 aliphatic heterocycles. The Morgan fingerprint density at radius 3 is 0.939 bits per heavy atom. The Hall–Kier alpha value is -6.40. The molecule has 0 radical (unpaired) electrons. The third kappa shape index (κ3) is 8.47. The number of halogens is 20. The molecule has 6 aromatic rings. The topological polar surface area (TPSA) is 43.4 Å². The summed E-state index contributed by atoms with van der Waals surface area (Å²) in [7, 11) is -0.634. The number of rotatable bonds is 10. The second kappa shape index (κ2) is 18.8. The highest BCUT2D eigenvalue weighted by atomic mass is 32.2. The normalized spacial score (nSPS) is 12.5. The molecule has 66 heavy (non-hydrogen) atoms. The Balaban J connectivity index is 0.000000324. The van der Waals surface area contributed by atoms with Crippen molar-refractivity contribution in [3.05, 3.63) is 182 Å². The number of ether oxygens (including phenoxy) is 1. The largest absolute Gasteiger partial charge is 0.497 e. The van der Waals surface area contributed by atoms with Gasteiger partial charge < -0.3 is 4.74 Å². The van der Waals surface area contributed by atoms with E-state index < -0.39 is 154 Å². The van der Waals surface area contributed by atoms with E-state index in [4.69, 9.17) is 4.74 Å². The molecular formula is C41H19BF20O3S. The van der Waals surface area contributed by atoms with Gasteiger partial charge in [-0.1, -0.05) is 42.5 Å². The Morgan fingerprint density at radius 1 is 0.424 bits per heavy atom. The first-order chi connectivity index (χ1) is 30.7. The minimum Gasteiger partial charge on any atom is -0.497 e. The third-order valence-electron chi connectivity index (χ3n) is 9.87. The zero-order valence-corrected chi connectivity index (χ0v) is 33.2. The minimum absolute atomic E-state index is 0.0725. The standard InChI is InChI=1S/C24BF20.C17H19O3S/c26-5-1(6(27)14(35)21(42)13(5)34)25(2-7(28)15(36)22(43)16(37)8(2)29,3-9(30)17(38)23(44)18(39)10(3)31)4-11(32)19(40)24(45)20(41)12(4)33;1-20-16-10-8-14(9-11-16)12-21(2,19)13-17(18)15-6-4-3-5-7-15/h;3-11H,12-13H2,1-2H3/q-1;+1. The second-order valence-corrected chi connectivity index (χ2v) is 16.9. The van der Waals surface area contributed by atoms with E-state index in [-0.39, 0.29) is 11.5 Å². The molecule has 0 aromatic heterocycles. The van der Waals surface area contributed by atoms with Gasteiger partial charge in [-0.15, -0.1) is 26.1 Å². The number of benzene rings is 6. The number of carbonyl (C=O) groups excluding carboxylic acids is 1. The van der Waals surface area contributed by atoms with Gasteiger partial charge in [0.1, 0.15) is 70.4 Å². The molecule has 0 saturated carbocycles. The first-order valence-corrected chi connectivity index (χ1v) is 19.9. The molecule has 1 unspecified atom stereocenters. The number of ketones is 1. The van der Waals surface area contributed by atoms with E-state index >= 15 is 35.1 Å². The van der Waals surface area contributed by atoms with Crippen molar-refractivity contribution < 1.29 is 102 Å². The van der Waals surface area contributed by atoms with E-state index in [9.17, 15) is 61.7 Å². The van der Waals surface area contributed by atoms with Crippen molar-refractivity contribution in [1.29, 1.82) is 0 Å². The molecule has 0 aliphatic rings. The monoisotopic (exact) mass is 982 g/mol. The molecule has 1 atom stereocenters. The van der Waals surface area contributed by atoms with Gasteiger partial charge in [-0.25, -0.2) is 87.8 Å². The summed E-state index contributed by atoms with van der Waals surface area (Å²) in [5.41, 5.74) is -12.8. The molecule has 0 heterocycles. The lowest BCUT2D eigenvalue weighted by molar-refractivity contribution is 0.102. The van der Waals surface area contributed by atoms with Crippen LogP contribution in [0.25, 0.3) is 0 Å². The molecular weight excluding hydrogens is 963 g/mol.